The van der Waals surface area contributed by atoms with E-state index in [1.54, 1.807) is 12.1 Å². The quantitative estimate of drug-likeness (QED) is 0.685. The number of rotatable bonds is 7. The van der Waals surface area contributed by atoms with Crippen LogP contribution in [0.15, 0.2) is 18.2 Å². The van der Waals surface area contributed by atoms with Gasteiger partial charge in [-0.05, 0) is 43.5 Å². The maximum Gasteiger partial charge on any atom is 0.248 e. The number of methoxy groups -OCH3 is 1. The number of primary amides is 1. The average Bonchev–Trinajstić information content (AvgIpc) is 3.22. The Balaban J connectivity index is 1.96. The normalized spacial score (nSPS) is 13.8. The highest BCUT2D eigenvalue weighted by molar-refractivity contribution is 5.98. The predicted octanol–water partition coefficient (Wildman–Crippen LogP) is 0.732. The van der Waals surface area contributed by atoms with Crippen molar-refractivity contribution in [2.75, 3.05) is 25.5 Å². The first kappa shape index (κ1) is 14.3. The van der Waals surface area contributed by atoms with Gasteiger partial charge in [-0.2, -0.15) is 0 Å². The molecule has 20 heavy (non-hydrogen) atoms. The van der Waals surface area contributed by atoms with Crippen LogP contribution in [0.5, 0.6) is 5.75 Å². The molecular weight excluding hydrogens is 258 g/mol. The molecule has 1 fully saturated rings. The van der Waals surface area contributed by atoms with Crippen molar-refractivity contribution in [3.8, 4) is 5.75 Å². The third kappa shape index (κ3) is 3.96. The zero-order valence-corrected chi connectivity index (χ0v) is 11.4. The van der Waals surface area contributed by atoms with Crippen molar-refractivity contribution in [1.29, 1.82) is 0 Å². The van der Waals surface area contributed by atoms with Gasteiger partial charge in [0.25, 0.3) is 0 Å². The van der Waals surface area contributed by atoms with Crippen LogP contribution in [0.4, 0.5) is 5.69 Å². The SMILES string of the molecule is COc1ccc(C(N)=O)cc1NC(=O)CNCC1CC1. The summed E-state index contributed by atoms with van der Waals surface area (Å²) in [6, 6.07) is 4.68. The van der Waals surface area contributed by atoms with Crippen molar-refractivity contribution in [1.82, 2.24) is 5.32 Å². The molecular formula is C14H19N3O3. The van der Waals surface area contributed by atoms with Gasteiger partial charge in [0.1, 0.15) is 5.75 Å². The van der Waals surface area contributed by atoms with Crippen molar-refractivity contribution in [3.05, 3.63) is 23.8 Å². The number of amides is 2. The Kier molecular flexibility index (Phi) is 4.57. The standard InChI is InChI=1S/C14H19N3O3/c1-20-12-5-4-10(14(15)19)6-11(12)17-13(18)8-16-7-9-2-3-9/h4-6,9,16H,2-3,7-8H2,1H3,(H2,15,19)(H,17,18). The second-order valence-electron chi connectivity index (χ2n) is 4.90. The maximum absolute atomic E-state index is 11.8. The van der Waals surface area contributed by atoms with Gasteiger partial charge in [0.15, 0.2) is 0 Å². The summed E-state index contributed by atoms with van der Waals surface area (Å²) < 4.78 is 5.15. The molecule has 0 saturated heterocycles. The molecule has 0 aliphatic heterocycles. The number of anilines is 1. The Labute approximate surface area is 117 Å². The van der Waals surface area contributed by atoms with Crippen LogP contribution in [0.3, 0.4) is 0 Å². The minimum atomic E-state index is -0.546. The van der Waals surface area contributed by atoms with Crippen molar-refractivity contribution in [2.45, 2.75) is 12.8 Å². The molecule has 0 spiro atoms. The third-order valence-electron chi connectivity index (χ3n) is 3.17. The first-order chi connectivity index (χ1) is 9.60. The van der Waals surface area contributed by atoms with Gasteiger partial charge in [0.05, 0.1) is 19.3 Å². The van der Waals surface area contributed by atoms with Gasteiger partial charge in [-0.25, -0.2) is 0 Å². The number of hydrogen-bond donors (Lipinski definition) is 3. The summed E-state index contributed by atoms with van der Waals surface area (Å²) in [5.41, 5.74) is 5.99. The van der Waals surface area contributed by atoms with Crippen LogP contribution in [0.25, 0.3) is 0 Å². The number of benzene rings is 1. The van der Waals surface area contributed by atoms with E-state index in [0.29, 0.717) is 17.0 Å². The van der Waals surface area contributed by atoms with Crippen molar-refractivity contribution < 1.29 is 14.3 Å². The molecule has 1 aliphatic rings. The molecule has 1 aromatic carbocycles. The molecule has 0 bridgehead atoms. The number of nitrogens with two attached hydrogens (primary N) is 1. The van der Waals surface area contributed by atoms with Crippen LogP contribution in [0.2, 0.25) is 0 Å². The summed E-state index contributed by atoms with van der Waals surface area (Å²) in [4.78, 5) is 23.0. The van der Waals surface area contributed by atoms with Gasteiger partial charge in [-0.15, -0.1) is 0 Å². The van der Waals surface area contributed by atoms with Crippen LogP contribution in [0, 0.1) is 5.92 Å². The summed E-state index contributed by atoms with van der Waals surface area (Å²) in [7, 11) is 1.50. The van der Waals surface area contributed by atoms with Crippen molar-refractivity contribution in [3.63, 3.8) is 0 Å². The molecule has 6 nitrogen and oxygen atoms in total. The Morgan fingerprint density at radius 1 is 1.40 bits per heavy atom. The second kappa shape index (κ2) is 6.38. The van der Waals surface area contributed by atoms with E-state index < -0.39 is 5.91 Å². The Bertz CT molecular complexity index is 512. The number of carbonyl (C=O) groups is 2. The van der Waals surface area contributed by atoms with E-state index >= 15 is 0 Å². The van der Waals surface area contributed by atoms with Gasteiger partial charge >= 0.3 is 0 Å². The minimum absolute atomic E-state index is 0.175. The highest BCUT2D eigenvalue weighted by Gasteiger charge is 2.20. The Morgan fingerprint density at radius 3 is 2.75 bits per heavy atom. The van der Waals surface area contributed by atoms with Crippen molar-refractivity contribution >= 4 is 17.5 Å². The lowest BCUT2D eigenvalue weighted by Gasteiger charge is -2.11. The highest BCUT2D eigenvalue weighted by atomic mass is 16.5. The van der Waals surface area contributed by atoms with Crippen LogP contribution >= 0.6 is 0 Å². The molecule has 2 amide bonds. The fraction of sp³-hybridized carbons (Fsp3) is 0.429. The zero-order chi connectivity index (χ0) is 14.5. The predicted molar refractivity (Wildman–Crippen MR) is 75.7 cm³/mol. The highest BCUT2D eigenvalue weighted by Crippen LogP contribution is 2.27. The van der Waals surface area contributed by atoms with Gasteiger partial charge in [0, 0.05) is 5.56 Å². The summed E-state index contributed by atoms with van der Waals surface area (Å²) >= 11 is 0. The summed E-state index contributed by atoms with van der Waals surface area (Å²) in [5.74, 6) is 0.488. The van der Waals surface area contributed by atoms with E-state index in [0.717, 1.165) is 12.5 Å². The first-order valence-corrected chi connectivity index (χ1v) is 6.58. The van der Waals surface area contributed by atoms with E-state index in [-0.39, 0.29) is 12.5 Å². The Hall–Kier alpha value is -2.08. The molecule has 108 valence electrons. The van der Waals surface area contributed by atoms with Crippen LogP contribution < -0.4 is 21.1 Å². The lowest BCUT2D eigenvalue weighted by molar-refractivity contribution is -0.115. The van der Waals surface area contributed by atoms with Gasteiger partial charge in [0.2, 0.25) is 11.8 Å². The van der Waals surface area contributed by atoms with E-state index in [4.69, 9.17) is 10.5 Å². The average molecular weight is 277 g/mol. The number of carbonyl (C=O) groups excluding carboxylic acids is 2. The number of ether oxygens (including phenoxy) is 1. The van der Waals surface area contributed by atoms with Crippen molar-refractivity contribution in [2.24, 2.45) is 11.7 Å². The lowest BCUT2D eigenvalue weighted by atomic mass is 10.1. The third-order valence-corrected chi connectivity index (χ3v) is 3.17. The summed E-state index contributed by atoms with van der Waals surface area (Å²) in [5, 5.41) is 5.81. The van der Waals surface area contributed by atoms with Crippen LogP contribution in [-0.4, -0.2) is 32.0 Å². The molecule has 0 radical (unpaired) electrons. The monoisotopic (exact) mass is 277 g/mol. The second-order valence-corrected chi connectivity index (χ2v) is 4.90. The molecule has 0 heterocycles. The van der Waals surface area contributed by atoms with Gasteiger partial charge < -0.3 is 21.1 Å². The van der Waals surface area contributed by atoms with Gasteiger partial charge in [-0.1, -0.05) is 0 Å². The Morgan fingerprint density at radius 2 is 2.15 bits per heavy atom. The number of hydrogen-bond acceptors (Lipinski definition) is 4. The fourth-order valence-corrected chi connectivity index (χ4v) is 1.87. The zero-order valence-electron chi connectivity index (χ0n) is 11.4. The van der Waals surface area contributed by atoms with Gasteiger partial charge in [-0.3, -0.25) is 9.59 Å². The molecule has 0 atom stereocenters. The van der Waals surface area contributed by atoms with E-state index in [2.05, 4.69) is 10.6 Å². The molecule has 4 N–H and O–H groups in total. The molecule has 0 unspecified atom stereocenters. The molecule has 1 aromatic rings. The van der Waals surface area contributed by atoms with E-state index in [9.17, 15) is 9.59 Å². The first-order valence-electron chi connectivity index (χ1n) is 6.58. The molecule has 2 rings (SSSR count). The minimum Gasteiger partial charge on any atom is -0.495 e. The lowest BCUT2D eigenvalue weighted by Crippen LogP contribution is -2.29. The fourth-order valence-electron chi connectivity index (χ4n) is 1.87. The summed E-state index contributed by atoms with van der Waals surface area (Å²) in [6.45, 7) is 1.10. The topological polar surface area (TPSA) is 93.4 Å². The molecule has 1 aliphatic carbocycles. The maximum atomic E-state index is 11.8. The molecule has 0 aromatic heterocycles. The van der Waals surface area contributed by atoms with Crippen LogP contribution in [-0.2, 0) is 4.79 Å². The van der Waals surface area contributed by atoms with E-state index in [1.165, 1.54) is 26.0 Å². The number of nitrogens with one attached hydrogen (secondary N) is 2. The largest absolute Gasteiger partial charge is 0.495 e. The smallest absolute Gasteiger partial charge is 0.248 e. The molecule has 6 heteroatoms. The van der Waals surface area contributed by atoms with Crippen LogP contribution in [0.1, 0.15) is 23.2 Å². The summed E-state index contributed by atoms with van der Waals surface area (Å²) in [6.07, 6.45) is 2.48. The molecule has 1 saturated carbocycles. The van der Waals surface area contributed by atoms with E-state index in [1.807, 2.05) is 0 Å².